The first-order chi connectivity index (χ1) is 12.2. The van der Waals surface area contributed by atoms with Crippen molar-refractivity contribution in [1.29, 1.82) is 0 Å². The third kappa shape index (κ3) is 5.39. The maximum absolute atomic E-state index is 12.5. The van der Waals surface area contributed by atoms with Crippen LogP contribution >= 0.6 is 0 Å². The molecule has 1 amide bonds. The van der Waals surface area contributed by atoms with Gasteiger partial charge in [-0.3, -0.25) is 4.79 Å². The van der Waals surface area contributed by atoms with Crippen molar-refractivity contribution < 1.29 is 23.7 Å². The first-order valence-corrected chi connectivity index (χ1v) is 8.02. The van der Waals surface area contributed by atoms with E-state index < -0.39 is 0 Å². The summed E-state index contributed by atoms with van der Waals surface area (Å²) in [5, 5.41) is 2.83. The number of hydrogen-bond acceptors (Lipinski definition) is 5. The number of amides is 1. The number of rotatable bonds is 9. The van der Waals surface area contributed by atoms with Gasteiger partial charge in [0.05, 0.1) is 26.5 Å². The van der Waals surface area contributed by atoms with Gasteiger partial charge in [0.15, 0.2) is 0 Å². The summed E-state index contributed by atoms with van der Waals surface area (Å²) in [6, 6.07) is 12.2. The monoisotopic (exact) mass is 345 g/mol. The molecule has 134 valence electrons. The van der Waals surface area contributed by atoms with Gasteiger partial charge in [-0.25, -0.2) is 0 Å². The highest BCUT2D eigenvalue weighted by Crippen LogP contribution is 2.29. The Morgan fingerprint density at radius 3 is 2.56 bits per heavy atom. The molecule has 0 bridgehead atoms. The quantitative estimate of drug-likeness (QED) is 0.706. The standard InChI is InChI=1S/C19H23NO5/c1-4-24-10-11-25-16-7-5-6-14(12-16)19(21)20-17-13-15(22-2)8-9-18(17)23-3/h5-9,12-13H,4,10-11H2,1-3H3,(H,20,21). The third-order valence-corrected chi connectivity index (χ3v) is 3.45. The largest absolute Gasteiger partial charge is 0.497 e. The van der Waals surface area contributed by atoms with Crippen molar-refractivity contribution in [2.45, 2.75) is 6.92 Å². The third-order valence-electron chi connectivity index (χ3n) is 3.45. The number of hydrogen-bond donors (Lipinski definition) is 1. The second-order valence-corrected chi connectivity index (χ2v) is 5.09. The maximum atomic E-state index is 12.5. The lowest BCUT2D eigenvalue weighted by Crippen LogP contribution is -2.13. The van der Waals surface area contributed by atoms with Crippen LogP contribution in [0.5, 0.6) is 17.2 Å². The smallest absolute Gasteiger partial charge is 0.255 e. The van der Waals surface area contributed by atoms with E-state index in [0.29, 0.717) is 48.3 Å². The Labute approximate surface area is 147 Å². The van der Waals surface area contributed by atoms with Crippen molar-refractivity contribution in [3.05, 3.63) is 48.0 Å². The van der Waals surface area contributed by atoms with E-state index in [-0.39, 0.29) is 5.91 Å². The molecule has 0 aromatic heterocycles. The number of carbonyl (C=O) groups is 1. The highest BCUT2D eigenvalue weighted by atomic mass is 16.5. The van der Waals surface area contributed by atoms with Crippen molar-refractivity contribution in [3.63, 3.8) is 0 Å². The normalized spacial score (nSPS) is 10.2. The van der Waals surface area contributed by atoms with Gasteiger partial charge in [-0.1, -0.05) is 6.07 Å². The Hall–Kier alpha value is -2.73. The first kappa shape index (κ1) is 18.6. The lowest BCUT2D eigenvalue weighted by atomic mass is 10.2. The number of benzene rings is 2. The molecule has 0 unspecified atom stereocenters. The molecule has 0 atom stereocenters. The van der Waals surface area contributed by atoms with Gasteiger partial charge in [0, 0.05) is 18.2 Å². The van der Waals surface area contributed by atoms with Crippen molar-refractivity contribution in [2.24, 2.45) is 0 Å². The number of ether oxygens (including phenoxy) is 4. The zero-order valence-corrected chi connectivity index (χ0v) is 14.7. The fourth-order valence-corrected chi connectivity index (χ4v) is 2.20. The molecule has 0 saturated carbocycles. The van der Waals surface area contributed by atoms with Gasteiger partial charge in [-0.15, -0.1) is 0 Å². The lowest BCUT2D eigenvalue weighted by molar-refractivity contribution is 0.102. The Bertz CT molecular complexity index is 702. The summed E-state index contributed by atoms with van der Waals surface area (Å²) in [6.45, 7) is 3.52. The second-order valence-electron chi connectivity index (χ2n) is 5.09. The first-order valence-electron chi connectivity index (χ1n) is 8.02. The van der Waals surface area contributed by atoms with Crippen LogP contribution in [0.25, 0.3) is 0 Å². The Morgan fingerprint density at radius 2 is 1.84 bits per heavy atom. The van der Waals surface area contributed by atoms with Gasteiger partial charge in [-0.05, 0) is 37.3 Å². The van der Waals surface area contributed by atoms with E-state index in [1.807, 2.05) is 6.92 Å². The average molecular weight is 345 g/mol. The van der Waals surface area contributed by atoms with Gasteiger partial charge in [-0.2, -0.15) is 0 Å². The summed E-state index contributed by atoms with van der Waals surface area (Å²) in [6.07, 6.45) is 0. The summed E-state index contributed by atoms with van der Waals surface area (Å²) in [5.41, 5.74) is 1.02. The fraction of sp³-hybridized carbons (Fsp3) is 0.316. The van der Waals surface area contributed by atoms with Crippen molar-refractivity contribution in [1.82, 2.24) is 0 Å². The number of nitrogens with one attached hydrogen (secondary N) is 1. The minimum Gasteiger partial charge on any atom is -0.497 e. The molecule has 0 heterocycles. The fourth-order valence-electron chi connectivity index (χ4n) is 2.20. The summed E-state index contributed by atoms with van der Waals surface area (Å²) in [4.78, 5) is 12.5. The highest BCUT2D eigenvalue weighted by Gasteiger charge is 2.12. The van der Waals surface area contributed by atoms with E-state index in [1.165, 1.54) is 0 Å². The molecule has 2 aromatic rings. The minimum atomic E-state index is -0.262. The Kier molecular flexibility index (Phi) is 7.10. The highest BCUT2D eigenvalue weighted by molar-refractivity contribution is 6.05. The Balaban J connectivity index is 2.08. The van der Waals surface area contributed by atoms with E-state index in [1.54, 1.807) is 56.7 Å². The SMILES string of the molecule is CCOCCOc1cccc(C(=O)Nc2cc(OC)ccc2OC)c1. The second kappa shape index (κ2) is 9.54. The summed E-state index contributed by atoms with van der Waals surface area (Å²) < 4.78 is 21.3. The van der Waals surface area contributed by atoms with E-state index in [0.717, 1.165) is 0 Å². The average Bonchev–Trinajstić information content (AvgIpc) is 2.65. The lowest BCUT2D eigenvalue weighted by Gasteiger charge is -2.12. The van der Waals surface area contributed by atoms with E-state index in [4.69, 9.17) is 18.9 Å². The molecular weight excluding hydrogens is 322 g/mol. The molecule has 2 rings (SSSR count). The predicted octanol–water partition coefficient (Wildman–Crippen LogP) is 3.37. The van der Waals surface area contributed by atoms with Crippen molar-refractivity contribution in [3.8, 4) is 17.2 Å². The molecule has 6 nitrogen and oxygen atoms in total. The van der Waals surface area contributed by atoms with Crippen LogP contribution in [0, 0.1) is 0 Å². The summed E-state index contributed by atoms with van der Waals surface area (Å²) in [5.74, 6) is 1.54. The molecule has 0 aliphatic rings. The van der Waals surface area contributed by atoms with Gasteiger partial charge in [0.25, 0.3) is 5.91 Å². The van der Waals surface area contributed by atoms with Gasteiger partial charge < -0.3 is 24.3 Å². The molecule has 0 spiro atoms. The van der Waals surface area contributed by atoms with E-state index in [2.05, 4.69) is 5.32 Å². The van der Waals surface area contributed by atoms with Crippen LogP contribution in [0.15, 0.2) is 42.5 Å². The zero-order valence-electron chi connectivity index (χ0n) is 14.7. The number of carbonyl (C=O) groups excluding carboxylic acids is 1. The van der Waals surface area contributed by atoms with E-state index in [9.17, 15) is 4.79 Å². The summed E-state index contributed by atoms with van der Waals surface area (Å²) in [7, 11) is 3.11. The molecule has 0 fully saturated rings. The maximum Gasteiger partial charge on any atom is 0.255 e. The van der Waals surface area contributed by atoms with Crippen LogP contribution < -0.4 is 19.5 Å². The van der Waals surface area contributed by atoms with Crippen molar-refractivity contribution in [2.75, 3.05) is 39.4 Å². The summed E-state index contributed by atoms with van der Waals surface area (Å²) >= 11 is 0. The van der Waals surface area contributed by atoms with Crippen molar-refractivity contribution >= 4 is 11.6 Å². The zero-order chi connectivity index (χ0) is 18.1. The van der Waals surface area contributed by atoms with Crippen LogP contribution in [-0.2, 0) is 4.74 Å². The topological polar surface area (TPSA) is 66.0 Å². The van der Waals surface area contributed by atoms with Gasteiger partial charge in [0.1, 0.15) is 23.9 Å². The molecule has 6 heteroatoms. The van der Waals surface area contributed by atoms with Crippen LogP contribution in [0.2, 0.25) is 0 Å². The molecule has 1 N–H and O–H groups in total. The Morgan fingerprint density at radius 1 is 1.00 bits per heavy atom. The van der Waals surface area contributed by atoms with Gasteiger partial charge in [0.2, 0.25) is 0 Å². The number of anilines is 1. The predicted molar refractivity (Wildman–Crippen MR) is 95.9 cm³/mol. The van der Waals surface area contributed by atoms with Crippen LogP contribution in [0.3, 0.4) is 0 Å². The molecule has 0 aliphatic carbocycles. The van der Waals surface area contributed by atoms with Crippen LogP contribution in [-0.4, -0.2) is 39.9 Å². The molecule has 0 aliphatic heterocycles. The molecule has 0 saturated heterocycles. The molecular formula is C19H23NO5. The minimum absolute atomic E-state index is 0.262. The number of methoxy groups -OCH3 is 2. The molecule has 0 radical (unpaired) electrons. The van der Waals surface area contributed by atoms with Crippen LogP contribution in [0.1, 0.15) is 17.3 Å². The molecule has 25 heavy (non-hydrogen) atoms. The van der Waals surface area contributed by atoms with Gasteiger partial charge >= 0.3 is 0 Å². The van der Waals surface area contributed by atoms with E-state index >= 15 is 0 Å². The molecule has 2 aromatic carbocycles. The van der Waals surface area contributed by atoms with Crippen LogP contribution in [0.4, 0.5) is 5.69 Å².